The molecule has 2 heterocycles. The molecule has 72 valence electrons. The second kappa shape index (κ2) is 3.67. The molecule has 4 nitrogen and oxygen atoms in total. The Hall–Kier alpha value is -1.55. The highest BCUT2D eigenvalue weighted by molar-refractivity contribution is 6.29. The smallest absolute Gasteiger partial charge is 0.288 e. The van der Waals surface area contributed by atoms with Crippen LogP contribution in [-0.2, 0) is 6.54 Å². The Labute approximate surface area is 84.8 Å². The van der Waals surface area contributed by atoms with Crippen molar-refractivity contribution in [1.82, 2.24) is 9.55 Å². The van der Waals surface area contributed by atoms with Crippen LogP contribution in [-0.4, -0.2) is 9.55 Å². The van der Waals surface area contributed by atoms with Gasteiger partial charge in [-0.2, -0.15) is 0 Å². The molecule has 0 bridgehead atoms. The van der Waals surface area contributed by atoms with Gasteiger partial charge in [0.15, 0.2) is 5.15 Å². The maximum Gasteiger partial charge on any atom is 0.288 e. The van der Waals surface area contributed by atoms with Crippen molar-refractivity contribution in [3.63, 3.8) is 0 Å². The molecule has 0 amide bonds. The highest BCUT2D eigenvalue weighted by Crippen LogP contribution is 2.02. The first kappa shape index (κ1) is 9.02. The minimum absolute atomic E-state index is 0.0176. The molecule has 0 radical (unpaired) electrons. The summed E-state index contributed by atoms with van der Waals surface area (Å²) >= 11 is 5.59. The second-order valence-electron chi connectivity index (χ2n) is 2.78. The van der Waals surface area contributed by atoms with Crippen molar-refractivity contribution in [2.45, 2.75) is 6.54 Å². The lowest BCUT2D eigenvalue weighted by atomic mass is 10.3. The van der Waals surface area contributed by atoms with E-state index in [0.29, 0.717) is 6.54 Å². The van der Waals surface area contributed by atoms with E-state index in [1.807, 2.05) is 0 Å². The van der Waals surface area contributed by atoms with Crippen molar-refractivity contribution in [2.75, 3.05) is 0 Å². The summed E-state index contributed by atoms with van der Waals surface area (Å²) in [4.78, 5) is 15.1. The third kappa shape index (κ3) is 1.70. The second-order valence-corrected chi connectivity index (χ2v) is 3.14. The van der Waals surface area contributed by atoms with E-state index in [1.165, 1.54) is 10.8 Å². The van der Waals surface area contributed by atoms with Crippen LogP contribution in [0.1, 0.15) is 5.56 Å². The van der Waals surface area contributed by atoms with Crippen LogP contribution in [0.2, 0.25) is 5.15 Å². The van der Waals surface area contributed by atoms with E-state index in [-0.39, 0.29) is 10.7 Å². The Bertz CT molecular complexity index is 476. The van der Waals surface area contributed by atoms with Crippen molar-refractivity contribution in [3.05, 3.63) is 52.1 Å². The summed E-state index contributed by atoms with van der Waals surface area (Å²) < 4.78 is 6.37. The highest BCUT2D eigenvalue weighted by Gasteiger charge is 2.02. The van der Waals surface area contributed by atoms with Crippen LogP contribution < -0.4 is 5.56 Å². The molecule has 0 aliphatic carbocycles. The molecule has 5 heteroatoms. The van der Waals surface area contributed by atoms with E-state index < -0.39 is 0 Å². The van der Waals surface area contributed by atoms with Gasteiger partial charge in [-0.3, -0.25) is 4.79 Å². The summed E-state index contributed by atoms with van der Waals surface area (Å²) in [5.74, 6) is 0. The normalized spacial score (nSPS) is 10.4. The van der Waals surface area contributed by atoms with Crippen LogP contribution in [0.15, 0.2) is 40.2 Å². The molecule has 2 aromatic heterocycles. The first-order valence-corrected chi connectivity index (χ1v) is 4.37. The molecule has 0 aliphatic rings. The number of hydrogen-bond donors (Lipinski definition) is 0. The molecule has 0 atom stereocenters. The van der Waals surface area contributed by atoms with Gasteiger partial charge in [0.25, 0.3) is 5.56 Å². The fourth-order valence-electron chi connectivity index (χ4n) is 1.12. The first-order chi connectivity index (χ1) is 6.77. The van der Waals surface area contributed by atoms with E-state index in [4.69, 9.17) is 16.0 Å². The summed E-state index contributed by atoms with van der Waals surface area (Å²) in [6.45, 7) is 0.442. The predicted octanol–water partition coefficient (Wildman–Crippen LogP) is 1.54. The van der Waals surface area contributed by atoms with Crippen molar-refractivity contribution < 1.29 is 4.42 Å². The maximum atomic E-state index is 11.4. The molecule has 14 heavy (non-hydrogen) atoms. The van der Waals surface area contributed by atoms with Crippen molar-refractivity contribution in [1.29, 1.82) is 0 Å². The first-order valence-electron chi connectivity index (χ1n) is 3.99. The van der Waals surface area contributed by atoms with Gasteiger partial charge in [0.05, 0.1) is 19.1 Å². The van der Waals surface area contributed by atoms with E-state index in [1.54, 1.807) is 24.8 Å². The van der Waals surface area contributed by atoms with Crippen LogP contribution >= 0.6 is 11.6 Å². The monoisotopic (exact) mass is 210 g/mol. The minimum atomic E-state index is -0.296. The Balaban J connectivity index is 2.34. The predicted molar refractivity (Wildman–Crippen MR) is 51.3 cm³/mol. The van der Waals surface area contributed by atoms with E-state index >= 15 is 0 Å². The molecule has 0 fully saturated rings. The van der Waals surface area contributed by atoms with Gasteiger partial charge in [-0.25, -0.2) is 4.98 Å². The van der Waals surface area contributed by atoms with Gasteiger partial charge in [-0.15, -0.1) is 0 Å². The van der Waals surface area contributed by atoms with E-state index in [9.17, 15) is 4.79 Å². The molecule has 0 saturated carbocycles. The molecule has 0 aromatic carbocycles. The fraction of sp³-hybridized carbons (Fsp3) is 0.111. The molecule has 0 spiro atoms. The van der Waals surface area contributed by atoms with Gasteiger partial charge < -0.3 is 8.98 Å². The number of aromatic nitrogens is 2. The summed E-state index contributed by atoms with van der Waals surface area (Å²) in [7, 11) is 0. The maximum absolute atomic E-state index is 11.4. The van der Waals surface area contributed by atoms with Gasteiger partial charge in [0, 0.05) is 18.0 Å². The molecule has 2 rings (SSSR count). The molecular weight excluding hydrogens is 204 g/mol. The van der Waals surface area contributed by atoms with Crippen molar-refractivity contribution >= 4 is 11.6 Å². The number of rotatable bonds is 2. The molecule has 0 aliphatic heterocycles. The largest absolute Gasteiger partial charge is 0.472 e. The third-order valence-corrected chi connectivity index (χ3v) is 2.06. The lowest BCUT2D eigenvalue weighted by Crippen LogP contribution is -2.20. The van der Waals surface area contributed by atoms with Crippen molar-refractivity contribution in [2.24, 2.45) is 0 Å². The quantitative estimate of drug-likeness (QED) is 0.756. The van der Waals surface area contributed by atoms with Crippen LogP contribution in [0, 0.1) is 0 Å². The zero-order chi connectivity index (χ0) is 9.97. The average Bonchev–Trinajstić information content (AvgIpc) is 2.66. The average molecular weight is 211 g/mol. The van der Waals surface area contributed by atoms with E-state index in [0.717, 1.165) is 5.56 Å². The lowest BCUT2D eigenvalue weighted by Gasteiger charge is -2.01. The standard InChI is InChI=1S/C9H7ClN2O2/c10-8-9(13)12(3-2-11-8)5-7-1-4-14-6-7/h1-4,6H,5H2. The number of hydrogen-bond acceptors (Lipinski definition) is 3. The van der Waals surface area contributed by atoms with Crippen LogP contribution in [0.4, 0.5) is 0 Å². The molecule has 0 unspecified atom stereocenters. The third-order valence-electron chi connectivity index (χ3n) is 1.80. The van der Waals surface area contributed by atoms with Crippen LogP contribution in [0.25, 0.3) is 0 Å². The summed E-state index contributed by atoms with van der Waals surface area (Å²) in [6, 6.07) is 1.79. The van der Waals surface area contributed by atoms with Gasteiger partial charge in [-0.1, -0.05) is 11.6 Å². The van der Waals surface area contributed by atoms with Gasteiger partial charge >= 0.3 is 0 Å². The number of furan rings is 1. The number of halogens is 1. The summed E-state index contributed by atoms with van der Waals surface area (Å²) in [6.07, 6.45) is 6.22. The lowest BCUT2D eigenvalue weighted by molar-refractivity contribution is 0.561. The Morgan fingerprint density at radius 1 is 1.57 bits per heavy atom. The van der Waals surface area contributed by atoms with Crippen LogP contribution in [0.3, 0.4) is 0 Å². The zero-order valence-electron chi connectivity index (χ0n) is 7.18. The number of nitrogens with zero attached hydrogens (tertiary/aromatic N) is 2. The Kier molecular flexibility index (Phi) is 2.37. The SMILES string of the molecule is O=c1c(Cl)nccn1Cc1ccoc1. The van der Waals surface area contributed by atoms with Crippen LogP contribution in [0.5, 0.6) is 0 Å². The zero-order valence-corrected chi connectivity index (χ0v) is 7.94. The Morgan fingerprint density at radius 2 is 2.43 bits per heavy atom. The van der Waals surface area contributed by atoms with E-state index in [2.05, 4.69) is 4.98 Å². The molecule has 0 saturated heterocycles. The fourth-order valence-corrected chi connectivity index (χ4v) is 1.29. The van der Waals surface area contributed by atoms with Crippen molar-refractivity contribution in [3.8, 4) is 0 Å². The molecule has 2 aromatic rings. The highest BCUT2D eigenvalue weighted by atomic mass is 35.5. The minimum Gasteiger partial charge on any atom is -0.472 e. The summed E-state index contributed by atoms with van der Waals surface area (Å²) in [5, 5.41) is -0.0176. The van der Waals surface area contributed by atoms with Gasteiger partial charge in [0.1, 0.15) is 0 Å². The topological polar surface area (TPSA) is 48.0 Å². The summed E-state index contributed by atoms with van der Waals surface area (Å²) in [5.41, 5.74) is 0.615. The Morgan fingerprint density at radius 3 is 3.14 bits per heavy atom. The van der Waals surface area contributed by atoms with Gasteiger partial charge in [0.2, 0.25) is 0 Å². The van der Waals surface area contributed by atoms with Gasteiger partial charge in [-0.05, 0) is 6.07 Å². The molecule has 0 N–H and O–H groups in total. The molecular formula is C9H7ClN2O2.